The minimum absolute atomic E-state index is 0. The van der Waals surface area contributed by atoms with Crippen LogP contribution in [0.4, 0.5) is 0 Å². The summed E-state index contributed by atoms with van der Waals surface area (Å²) in [4.78, 5) is 0. The molecule has 1 saturated carbocycles. The van der Waals surface area contributed by atoms with E-state index in [1.807, 2.05) is 0 Å². The van der Waals surface area contributed by atoms with E-state index in [1.54, 1.807) is 0 Å². The van der Waals surface area contributed by atoms with Crippen LogP contribution in [-0.4, -0.2) is 0 Å². The summed E-state index contributed by atoms with van der Waals surface area (Å²) in [6, 6.07) is 0. The molecule has 0 bridgehead atoms. The summed E-state index contributed by atoms with van der Waals surface area (Å²) in [5.41, 5.74) is 0. The minimum atomic E-state index is 0. The molecule has 1 aliphatic carbocycles. The Labute approximate surface area is 93.3 Å². The Morgan fingerprint density at radius 3 is 1.12 bits per heavy atom. The maximum atomic E-state index is 2.31. The summed E-state index contributed by atoms with van der Waals surface area (Å²) >= 11 is 0. The molecule has 2 heteroatoms. The van der Waals surface area contributed by atoms with E-state index in [0.717, 1.165) is 0 Å². The molecule has 0 aliphatic heterocycles. The molecule has 0 nitrogen and oxygen atoms in total. The largest absolute Gasteiger partial charge is 2.00 e. The van der Waals surface area contributed by atoms with Gasteiger partial charge in [0.2, 0.25) is 0 Å². The summed E-state index contributed by atoms with van der Waals surface area (Å²) < 4.78 is 0. The standard InChI is InChI=1S/C4H7.2CH3.W.Y/c1-2-4-3-1;;;;/h1H,2-4H2;2*1H3;;/q3*-1;+2;. The number of hydrogen-bond donors (Lipinski definition) is 0. The molecule has 47 valence electrons. The topological polar surface area (TPSA) is 0 Å². The van der Waals surface area contributed by atoms with Gasteiger partial charge in [0, 0.05) is 32.7 Å². The first-order valence-electron chi connectivity index (χ1n) is 1.82. The van der Waals surface area contributed by atoms with Crippen molar-refractivity contribution in [3.05, 3.63) is 21.3 Å². The minimum Gasteiger partial charge on any atom is -0.358 e. The molecule has 1 radical (unpaired) electrons. The molecule has 0 aromatic heterocycles. The van der Waals surface area contributed by atoms with Crippen molar-refractivity contribution in [1.29, 1.82) is 0 Å². The van der Waals surface area contributed by atoms with Crippen LogP contribution in [0.3, 0.4) is 0 Å². The van der Waals surface area contributed by atoms with Crippen molar-refractivity contribution in [2.24, 2.45) is 0 Å². The van der Waals surface area contributed by atoms with Gasteiger partial charge in [-0.2, -0.15) is 12.8 Å². The fraction of sp³-hybridized carbons (Fsp3) is 0.500. The van der Waals surface area contributed by atoms with Gasteiger partial charge in [0.25, 0.3) is 0 Å². The first kappa shape index (κ1) is 22.6. The van der Waals surface area contributed by atoms with Crippen molar-refractivity contribution in [2.45, 2.75) is 19.3 Å². The van der Waals surface area contributed by atoms with Crippen molar-refractivity contribution >= 4 is 0 Å². The predicted octanol–water partition coefficient (Wildman–Crippen LogP) is 2.27. The molecule has 0 aromatic rings. The first-order valence-corrected chi connectivity index (χ1v) is 1.82. The zero-order chi connectivity index (χ0) is 2.83. The molecule has 0 spiro atoms. The molecule has 0 aromatic carbocycles. The van der Waals surface area contributed by atoms with Gasteiger partial charge in [-0.1, -0.05) is 0 Å². The van der Waals surface area contributed by atoms with Crippen LogP contribution in [-0.2, 0) is 53.8 Å². The molecule has 0 amide bonds. The summed E-state index contributed by atoms with van der Waals surface area (Å²) in [5.74, 6) is 0. The summed E-state index contributed by atoms with van der Waals surface area (Å²) in [6.45, 7) is 0. The van der Waals surface area contributed by atoms with Crippen molar-refractivity contribution in [3.63, 3.8) is 0 Å². The van der Waals surface area contributed by atoms with E-state index in [-0.39, 0.29) is 68.6 Å². The van der Waals surface area contributed by atoms with Crippen LogP contribution in [0, 0.1) is 21.3 Å². The molecule has 0 N–H and O–H groups in total. The normalized spacial score (nSPS) is 12.0. The average molecular weight is 358 g/mol. The molecule has 1 rings (SSSR count). The summed E-state index contributed by atoms with van der Waals surface area (Å²) in [5, 5.41) is 0. The molecular formula is C6H13WY-. The molecular weight excluding hydrogens is 345 g/mol. The van der Waals surface area contributed by atoms with E-state index in [2.05, 4.69) is 6.42 Å². The Balaban J connectivity index is -0.0000000200. The van der Waals surface area contributed by atoms with Crippen LogP contribution in [0.5, 0.6) is 0 Å². The third-order valence-corrected chi connectivity index (χ3v) is 0.816. The average Bonchev–Trinajstić information content (AvgIpc) is 0.722. The fourth-order valence-corrected chi connectivity index (χ4v) is 0.204. The van der Waals surface area contributed by atoms with Gasteiger partial charge >= 0.3 is 21.1 Å². The molecule has 0 atom stereocenters. The van der Waals surface area contributed by atoms with Gasteiger partial charge in [0.05, 0.1) is 0 Å². The zero-order valence-corrected chi connectivity index (χ0v) is 11.5. The summed E-state index contributed by atoms with van der Waals surface area (Å²) in [7, 11) is 0. The van der Waals surface area contributed by atoms with Gasteiger partial charge in [-0.05, 0) is 0 Å². The van der Waals surface area contributed by atoms with E-state index < -0.39 is 0 Å². The van der Waals surface area contributed by atoms with Crippen LogP contribution in [0.2, 0.25) is 0 Å². The third kappa shape index (κ3) is 10.7. The molecule has 0 saturated heterocycles. The second-order valence-corrected chi connectivity index (χ2v) is 1.22. The quantitative estimate of drug-likeness (QED) is 0.583. The first-order chi connectivity index (χ1) is 2.00. The smallest absolute Gasteiger partial charge is 0.358 e. The van der Waals surface area contributed by atoms with Crippen LogP contribution in [0.15, 0.2) is 0 Å². The molecule has 0 heterocycles. The van der Waals surface area contributed by atoms with Crippen molar-refractivity contribution in [3.8, 4) is 0 Å². The van der Waals surface area contributed by atoms with Gasteiger partial charge in [0.15, 0.2) is 0 Å². The summed E-state index contributed by atoms with van der Waals surface area (Å²) in [6.07, 6.45) is 6.50. The van der Waals surface area contributed by atoms with Crippen LogP contribution in [0.1, 0.15) is 19.3 Å². The monoisotopic (exact) mass is 358 g/mol. The molecule has 1 fully saturated rings. The SMILES string of the molecule is [CH-]1CCC1.[CH3-].[CH3-].[W+2].[Y]. The van der Waals surface area contributed by atoms with Crippen LogP contribution < -0.4 is 0 Å². The fourth-order valence-electron chi connectivity index (χ4n) is 0.204. The maximum Gasteiger partial charge on any atom is 2.00 e. The van der Waals surface area contributed by atoms with Gasteiger partial charge < -0.3 is 21.3 Å². The Kier molecular flexibility index (Phi) is 44.9. The van der Waals surface area contributed by atoms with Gasteiger partial charge in [-0.15, -0.1) is 6.42 Å². The van der Waals surface area contributed by atoms with Crippen molar-refractivity contribution < 1.29 is 53.8 Å². The van der Waals surface area contributed by atoms with E-state index in [0.29, 0.717) is 0 Å². The molecule has 8 heavy (non-hydrogen) atoms. The van der Waals surface area contributed by atoms with E-state index in [9.17, 15) is 0 Å². The molecule has 1 aliphatic rings. The van der Waals surface area contributed by atoms with Gasteiger partial charge in [-0.3, -0.25) is 0 Å². The Bertz CT molecular complexity index is 16.5. The number of hydrogen-bond acceptors (Lipinski definition) is 0. The van der Waals surface area contributed by atoms with Gasteiger partial charge in [0.1, 0.15) is 0 Å². The molecule has 0 unspecified atom stereocenters. The van der Waals surface area contributed by atoms with Crippen molar-refractivity contribution in [2.75, 3.05) is 0 Å². The second kappa shape index (κ2) is 15.9. The predicted molar refractivity (Wildman–Crippen MR) is 31.0 cm³/mol. The van der Waals surface area contributed by atoms with E-state index in [1.165, 1.54) is 19.3 Å². The maximum absolute atomic E-state index is 2.31. The Morgan fingerprint density at radius 1 is 1.00 bits per heavy atom. The Hall–Kier alpha value is 1.79. The second-order valence-electron chi connectivity index (χ2n) is 1.22. The Morgan fingerprint density at radius 2 is 1.12 bits per heavy atom. The van der Waals surface area contributed by atoms with Crippen LogP contribution in [0.25, 0.3) is 0 Å². The van der Waals surface area contributed by atoms with E-state index in [4.69, 9.17) is 0 Å². The van der Waals surface area contributed by atoms with Gasteiger partial charge in [-0.25, -0.2) is 0 Å². The van der Waals surface area contributed by atoms with Crippen molar-refractivity contribution in [1.82, 2.24) is 0 Å². The zero-order valence-electron chi connectivity index (χ0n) is 5.68. The van der Waals surface area contributed by atoms with E-state index >= 15 is 0 Å². The number of rotatable bonds is 0. The third-order valence-electron chi connectivity index (χ3n) is 0.816. The van der Waals surface area contributed by atoms with Crippen LogP contribution >= 0.6 is 0 Å².